The van der Waals surface area contributed by atoms with E-state index in [-0.39, 0.29) is 30.2 Å². The second-order valence-corrected chi connectivity index (χ2v) is 6.22. The van der Waals surface area contributed by atoms with E-state index in [2.05, 4.69) is 29.8 Å². The molecule has 1 aromatic rings. The number of urea groups is 1. The maximum Gasteiger partial charge on any atom is 0.321 e. The van der Waals surface area contributed by atoms with Crippen LogP contribution in [0, 0.1) is 5.92 Å². The van der Waals surface area contributed by atoms with Crippen molar-refractivity contribution < 1.29 is 14.4 Å². The molecule has 1 heterocycles. The van der Waals surface area contributed by atoms with E-state index in [9.17, 15) is 14.4 Å². The third kappa shape index (κ3) is 4.55. The third-order valence-corrected chi connectivity index (χ3v) is 4.08. The van der Waals surface area contributed by atoms with Crippen LogP contribution in [0.4, 0.5) is 10.5 Å². The molecule has 6 nitrogen and oxygen atoms in total. The molecule has 1 aliphatic rings. The number of amides is 4. The lowest BCUT2D eigenvalue weighted by molar-refractivity contribution is -0.126. The van der Waals surface area contributed by atoms with Crippen LogP contribution in [0.2, 0.25) is 0 Å². The van der Waals surface area contributed by atoms with Gasteiger partial charge >= 0.3 is 6.03 Å². The Morgan fingerprint density at radius 2 is 1.87 bits per heavy atom. The smallest absolute Gasteiger partial charge is 0.321 e. The number of imide groups is 1. The van der Waals surface area contributed by atoms with E-state index in [0.29, 0.717) is 12.3 Å². The van der Waals surface area contributed by atoms with E-state index in [1.807, 2.05) is 24.3 Å². The summed E-state index contributed by atoms with van der Waals surface area (Å²) in [4.78, 5) is 35.0. The summed E-state index contributed by atoms with van der Waals surface area (Å²) >= 11 is 0. The quantitative estimate of drug-likeness (QED) is 0.779. The molecule has 2 unspecified atom stereocenters. The van der Waals surface area contributed by atoms with Crippen LogP contribution >= 0.6 is 0 Å². The number of rotatable bonds is 5. The van der Waals surface area contributed by atoms with Gasteiger partial charge in [0.05, 0.1) is 5.92 Å². The molecule has 1 fully saturated rings. The zero-order valence-corrected chi connectivity index (χ0v) is 13.7. The normalized spacial score (nSPS) is 20.9. The van der Waals surface area contributed by atoms with Crippen LogP contribution in [0.3, 0.4) is 0 Å². The van der Waals surface area contributed by atoms with Crippen LogP contribution in [-0.2, 0) is 9.59 Å². The van der Waals surface area contributed by atoms with Crippen molar-refractivity contribution in [2.45, 2.75) is 45.6 Å². The van der Waals surface area contributed by atoms with Crippen molar-refractivity contribution in [1.82, 2.24) is 10.6 Å². The van der Waals surface area contributed by atoms with Crippen molar-refractivity contribution in [1.29, 1.82) is 0 Å². The van der Waals surface area contributed by atoms with Crippen LogP contribution in [0.5, 0.6) is 0 Å². The summed E-state index contributed by atoms with van der Waals surface area (Å²) in [6.45, 7) is 6.00. The van der Waals surface area contributed by atoms with Crippen molar-refractivity contribution >= 4 is 23.5 Å². The average molecular weight is 317 g/mol. The highest BCUT2D eigenvalue weighted by Crippen LogP contribution is 2.19. The Kier molecular flexibility index (Phi) is 5.36. The lowest BCUT2D eigenvalue weighted by Gasteiger charge is -2.28. The minimum Gasteiger partial charge on any atom is -0.335 e. The molecule has 2 atom stereocenters. The summed E-state index contributed by atoms with van der Waals surface area (Å²) in [5.41, 5.74) is 1.96. The Bertz CT molecular complexity index is 596. The number of carbonyl (C=O) groups is 3. The Labute approximate surface area is 136 Å². The van der Waals surface area contributed by atoms with Gasteiger partial charge in [-0.1, -0.05) is 26.0 Å². The summed E-state index contributed by atoms with van der Waals surface area (Å²) in [5.74, 6) is -0.405. The monoisotopic (exact) mass is 317 g/mol. The molecule has 0 bridgehead atoms. The average Bonchev–Trinajstić information content (AvgIpc) is 2.46. The van der Waals surface area contributed by atoms with Gasteiger partial charge < -0.3 is 10.6 Å². The van der Waals surface area contributed by atoms with Gasteiger partial charge in [0.15, 0.2) is 0 Å². The van der Waals surface area contributed by atoms with Crippen molar-refractivity contribution in [3.8, 4) is 0 Å². The maximum absolute atomic E-state index is 12.0. The highest BCUT2D eigenvalue weighted by Gasteiger charge is 2.32. The van der Waals surface area contributed by atoms with Crippen molar-refractivity contribution in [2.75, 3.05) is 5.32 Å². The van der Waals surface area contributed by atoms with Crippen molar-refractivity contribution in [3.63, 3.8) is 0 Å². The molecule has 0 aliphatic carbocycles. The topological polar surface area (TPSA) is 87.3 Å². The number of anilines is 1. The van der Waals surface area contributed by atoms with Crippen LogP contribution < -0.4 is 16.0 Å². The van der Waals surface area contributed by atoms with E-state index in [4.69, 9.17) is 0 Å². The first-order valence-corrected chi connectivity index (χ1v) is 7.88. The van der Waals surface area contributed by atoms with Gasteiger partial charge in [-0.3, -0.25) is 14.9 Å². The van der Waals surface area contributed by atoms with Gasteiger partial charge in [-0.25, -0.2) is 4.79 Å². The van der Waals surface area contributed by atoms with Crippen LogP contribution in [-0.4, -0.2) is 23.9 Å². The molecule has 2 rings (SSSR count). The second-order valence-electron chi connectivity index (χ2n) is 6.22. The first-order valence-electron chi connectivity index (χ1n) is 7.88. The minimum absolute atomic E-state index is 0.140. The minimum atomic E-state index is -0.478. The molecule has 23 heavy (non-hydrogen) atoms. The molecular weight excluding hydrogens is 294 g/mol. The van der Waals surface area contributed by atoms with Gasteiger partial charge in [0, 0.05) is 18.2 Å². The fourth-order valence-electron chi connectivity index (χ4n) is 2.62. The van der Waals surface area contributed by atoms with E-state index >= 15 is 0 Å². The molecule has 1 aliphatic heterocycles. The number of nitrogens with one attached hydrogen (secondary N) is 3. The van der Waals surface area contributed by atoms with Crippen LogP contribution in [0.15, 0.2) is 24.3 Å². The number of hydrogen-bond acceptors (Lipinski definition) is 3. The lowest BCUT2D eigenvalue weighted by Crippen LogP contribution is -2.57. The number of carbonyl (C=O) groups excluding carboxylic acids is 3. The number of benzene rings is 1. The lowest BCUT2D eigenvalue weighted by atomic mass is 9.93. The molecule has 0 aromatic heterocycles. The van der Waals surface area contributed by atoms with Gasteiger partial charge in [0.1, 0.15) is 0 Å². The van der Waals surface area contributed by atoms with Crippen molar-refractivity contribution in [3.05, 3.63) is 29.8 Å². The summed E-state index contributed by atoms with van der Waals surface area (Å²) < 4.78 is 0. The van der Waals surface area contributed by atoms with Gasteiger partial charge in [0.2, 0.25) is 11.8 Å². The Morgan fingerprint density at radius 1 is 1.22 bits per heavy atom. The number of hydrogen-bond donors (Lipinski definition) is 3. The molecular formula is C17H23N3O3. The standard InChI is InChI=1S/C17H23N3O3/c1-10(2)12-4-6-13(7-5-12)19-15(21)9-8-14-11(3)18-17(23)20-16(14)22/h4-7,10-11,14H,8-9H2,1-3H3,(H,19,21)(H2,18,20,22,23). The largest absolute Gasteiger partial charge is 0.335 e. The summed E-state index contributed by atoms with van der Waals surface area (Å²) in [7, 11) is 0. The van der Waals surface area contributed by atoms with E-state index in [1.165, 1.54) is 5.56 Å². The van der Waals surface area contributed by atoms with E-state index < -0.39 is 6.03 Å². The van der Waals surface area contributed by atoms with E-state index in [0.717, 1.165) is 5.69 Å². The molecule has 4 amide bonds. The predicted octanol–water partition coefficient (Wildman–Crippen LogP) is 2.37. The Balaban J connectivity index is 1.85. The molecule has 1 saturated heterocycles. The molecule has 0 saturated carbocycles. The Morgan fingerprint density at radius 3 is 2.43 bits per heavy atom. The Hall–Kier alpha value is -2.37. The molecule has 3 N–H and O–H groups in total. The first kappa shape index (κ1) is 17.0. The zero-order valence-electron chi connectivity index (χ0n) is 13.7. The van der Waals surface area contributed by atoms with Crippen LogP contribution in [0.1, 0.15) is 45.1 Å². The molecule has 6 heteroatoms. The predicted molar refractivity (Wildman–Crippen MR) is 88.0 cm³/mol. The molecule has 1 aromatic carbocycles. The van der Waals surface area contributed by atoms with Gasteiger partial charge in [-0.2, -0.15) is 0 Å². The summed E-state index contributed by atoms with van der Waals surface area (Å²) in [6.07, 6.45) is 0.618. The SMILES string of the molecule is CC(C)c1ccc(NC(=O)CCC2C(=O)NC(=O)NC2C)cc1. The first-order chi connectivity index (χ1) is 10.9. The van der Waals surface area contributed by atoms with E-state index in [1.54, 1.807) is 6.92 Å². The highest BCUT2D eigenvalue weighted by atomic mass is 16.2. The summed E-state index contributed by atoms with van der Waals surface area (Å²) in [6, 6.07) is 6.99. The fraction of sp³-hybridized carbons (Fsp3) is 0.471. The van der Waals surface area contributed by atoms with Gasteiger partial charge in [0.25, 0.3) is 0 Å². The van der Waals surface area contributed by atoms with Crippen molar-refractivity contribution in [2.24, 2.45) is 5.92 Å². The fourth-order valence-corrected chi connectivity index (χ4v) is 2.62. The molecule has 124 valence electrons. The maximum atomic E-state index is 12.0. The zero-order chi connectivity index (χ0) is 17.0. The van der Waals surface area contributed by atoms with Gasteiger partial charge in [-0.05, 0) is 37.0 Å². The third-order valence-electron chi connectivity index (χ3n) is 4.08. The van der Waals surface area contributed by atoms with Crippen LogP contribution in [0.25, 0.3) is 0 Å². The van der Waals surface area contributed by atoms with Gasteiger partial charge in [-0.15, -0.1) is 0 Å². The highest BCUT2D eigenvalue weighted by molar-refractivity contribution is 5.99. The summed E-state index contributed by atoms with van der Waals surface area (Å²) in [5, 5.41) is 7.70. The molecule has 0 spiro atoms. The second kappa shape index (κ2) is 7.26. The molecule has 0 radical (unpaired) electrons.